The van der Waals surface area contributed by atoms with Crippen molar-refractivity contribution >= 4 is 11.8 Å². The number of aliphatic hydroxyl groups excluding tert-OH is 1. The number of hydrogen-bond donors (Lipinski definition) is 1. The fourth-order valence-corrected chi connectivity index (χ4v) is 4.42. The van der Waals surface area contributed by atoms with E-state index >= 15 is 0 Å². The smallest absolute Gasteiger partial charge is 0.334 e. The highest BCUT2D eigenvalue weighted by Gasteiger charge is 2.43. The molecule has 2 rings (SSSR count). The Labute approximate surface area is 157 Å². The highest BCUT2D eigenvalue weighted by atomic mass is 16.5. The summed E-state index contributed by atoms with van der Waals surface area (Å²) in [4.78, 5) is 25.6. The zero-order valence-electron chi connectivity index (χ0n) is 16.6. The van der Waals surface area contributed by atoms with Crippen LogP contribution in [0, 0.1) is 11.3 Å². The monoisotopic (exact) mass is 360 g/mol. The van der Waals surface area contributed by atoms with Crippen molar-refractivity contribution in [3.63, 3.8) is 0 Å². The number of esters is 1. The summed E-state index contributed by atoms with van der Waals surface area (Å²) in [5.74, 6) is -0.0825. The fourth-order valence-electron chi connectivity index (χ4n) is 4.42. The van der Waals surface area contributed by atoms with Crippen LogP contribution in [0.2, 0.25) is 0 Å². The Morgan fingerprint density at radius 2 is 2.00 bits per heavy atom. The van der Waals surface area contributed by atoms with Crippen LogP contribution in [-0.4, -0.2) is 29.6 Å². The zero-order valence-corrected chi connectivity index (χ0v) is 16.6. The Morgan fingerprint density at radius 1 is 1.35 bits per heavy atom. The lowest BCUT2D eigenvalue weighted by molar-refractivity contribution is -0.139. The molecule has 0 fully saturated rings. The van der Waals surface area contributed by atoms with E-state index in [1.165, 1.54) is 0 Å². The summed E-state index contributed by atoms with van der Waals surface area (Å²) < 4.78 is 5.23. The van der Waals surface area contributed by atoms with Gasteiger partial charge in [-0.3, -0.25) is 4.79 Å². The van der Waals surface area contributed by atoms with Crippen molar-refractivity contribution in [3.8, 4) is 0 Å². The maximum atomic E-state index is 13.2. The van der Waals surface area contributed by atoms with Crippen molar-refractivity contribution in [2.24, 2.45) is 11.3 Å². The molecule has 4 nitrogen and oxygen atoms in total. The minimum Gasteiger partial charge on any atom is -0.463 e. The van der Waals surface area contributed by atoms with Crippen LogP contribution in [0.3, 0.4) is 0 Å². The van der Waals surface area contributed by atoms with E-state index in [4.69, 9.17) is 4.74 Å². The maximum absolute atomic E-state index is 13.2. The Balaban J connectivity index is 2.52. The number of ketones is 1. The van der Waals surface area contributed by atoms with Crippen molar-refractivity contribution in [2.45, 2.75) is 72.3 Å². The lowest BCUT2D eigenvalue weighted by atomic mass is 9.62. The largest absolute Gasteiger partial charge is 0.463 e. The molecule has 1 N–H and O–H groups in total. The van der Waals surface area contributed by atoms with Crippen molar-refractivity contribution < 1.29 is 19.4 Å². The third kappa shape index (κ3) is 4.53. The quantitative estimate of drug-likeness (QED) is 0.589. The first-order chi connectivity index (χ1) is 12.2. The van der Waals surface area contributed by atoms with Crippen molar-refractivity contribution in [1.82, 2.24) is 0 Å². The van der Waals surface area contributed by atoms with Gasteiger partial charge in [-0.05, 0) is 57.3 Å². The van der Waals surface area contributed by atoms with Crippen LogP contribution in [0.1, 0.15) is 66.2 Å². The predicted octanol–water partition coefficient (Wildman–Crippen LogP) is 4.29. The van der Waals surface area contributed by atoms with Gasteiger partial charge in [-0.2, -0.15) is 0 Å². The van der Waals surface area contributed by atoms with E-state index in [0.29, 0.717) is 36.5 Å². The SMILES string of the molecule is C=C1CC[C@@H]2CCC(C(=O)OCC)=C(C(=O)C/C(C)=C\[C@@H](O)C1)C2(C)C. The third-order valence-electron chi connectivity index (χ3n) is 5.77. The van der Waals surface area contributed by atoms with Crippen LogP contribution < -0.4 is 0 Å². The van der Waals surface area contributed by atoms with Crippen LogP contribution in [-0.2, 0) is 14.3 Å². The molecule has 2 atom stereocenters. The van der Waals surface area contributed by atoms with Gasteiger partial charge in [0.05, 0.1) is 12.7 Å². The molecule has 0 saturated heterocycles. The summed E-state index contributed by atoms with van der Waals surface area (Å²) in [5.41, 5.74) is 2.65. The van der Waals surface area contributed by atoms with E-state index in [0.717, 1.165) is 30.4 Å². The van der Waals surface area contributed by atoms with Gasteiger partial charge >= 0.3 is 5.97 Å². The van der Waals surface area contributed by atoms with Crippen LogP contribution in [0.4, 0.5) is 0 Å². The lowest BCUT2D eigenvalue weighted by Crippen LogP contribution is -2.37. The van der Waals surface area contributed by atoms with Gasteiger partial charge in [0.15, 0.2) is 5.78 Å². The number of rotatable bonds is 2. The number of Topliss-reactive ketones (excluding diaryl/α,β-unsaturated/α-hetero) is 1. The topological polar surface area (TPSA) is 63.6 Å². The standard InChI is InChI=1S/C22H32O4/c1-6-26-21(25)18-10-9-16-8-7-14(2)11-17(23)12-15(3)13-19(24)20(18)22(16,4)5/h12,16-17,23H,2,6-11,13H2,1,3-5H3/b15-12-/t16-,17+/m1/s1. The molecular formula is C22H32O4. The Hall–Kier alpha value is -1.68. The molecule has 144 valence electrons. The minimum absolute atomic E-state index is 0.0249. The molecule has 0 unspecified atom stereocenters. The van der Waals surface area contributed by atoms with Crippen molar-refractivity contribution in [3.05, 3.63) is 34.9 Å². The van der Waals surface area contributed by atoms with E-state index in [-0.39, 0.29) is 23.6 Å². The Morgan fingerprint density at radius 3 is 2.65 bits per heavy atom. The highest BCUT2D eigenvalue weighted by molar-refractivity contribution is 6.05. The van der Waals surface area contributed by atoms with Gasteiger partial charge in [-0.15, -0.1) is 0 Å². The summed E-state index contributed by atoms with van der Waals surface area (Å²) in [6.45, 7) is 12.2. The number of aliphatic hydroxyl groups is 1. The summed E-state index contributed by atoms with van der Waals surface area (Å²) in [5, 5.41) is 10.2. The van der Waals surface area contributed by atoms with Crippen LogP contribution in [0.25, 0.3) is 0 Å². The summed E-state index contributed by atoms with van der Waals surface area (Å²) in [6, 6.07) is 0. The maximum Gasteiger partial charge on any atom is 0.334 e. The lowest BCUT2D eigenvalue weighted by Gasteiger charge is -2.41. The molecule has 0 amide bonds. The van der Waals surface area contributed by atoms with E-state index in [2.05, 4.69) is 20.4 Å². The number of hydrogen-bond acceptors (Lipinski definition) is 4. The molecule has 2 aliphatic carbocycles. The van der Waals surface area contributed by atoms with Crippen molar-refractivity contribution in [2.75, 3.05) is 6.61 Å². The second-order valence-corrected chi connectivity index (χ2v) is 8.20. The van der Waals surface area contributed by atoms with Crippen LogP contribution in [0.15, 0.2) is 34.9 Å². The molecule has 4 heteroatoms. The number of allylic oxidation sites excluding steroid dienone is 2. The van der Waals surface area contributed by atoms with E-state index in [1.807, 2.05) is 6.92 Å². The number of ether oxygens (including phenoxy) is 1. The number of carbonyl (C=O) groups excluding carboxylic acids is 2. The van der Waals surface area contributed by atoms with Gasteiger partial charge in [-0.1, -0.05) is 37.6 Å². The second kappa shape index (κ2) is 8.34. The molecule has 0 radical (unpaired) electrons. The first kappa shape index (κ1) is 20.6. The molecule has 0 saturated carbocycles. The van der Waals surface area contributed by atoms with E-state index in [9.17, 15) is 14.7 Å². The summed E-state index contributed by atoms with van der Waals surface area (Å²) >= 11 is 0. The molecule has 2 bridgehead atoms. The predicted molar refractivity (Wildman–Crippen MR) is 103 cm³/mol. The molecule has 0 heterocycles. The van der Waals surface area contributed by atoms with Crippen LogP contribution in [0.5, 0.6) is 0 Å². The highest BCUT2D eigenvalue weighted by Crippen LogP contribution is 2.48. The van der Waals surface area contributed by atoms with Gasteiger partial charge < -0.3 is 9.84 Å². The van der Waals surface area contributed by atoms with Gasteiger partial charge in [0.2, 0.25) is 0 Å². The molecule has 0 aromatic rings. The van der Waals surface area contributed by atoms with Gasteiger partial charge in [0.25, 0.3) is 0 Å². The summed E-state index contributed by atoms with van der Waals surface area (Å²) in [7, 11) is 0. The van der Waals surface area contributed by atoms with E-state index in [1.54, 1.807) is 13.0 Å². The second-order valence-electron chi connectivity index (χ2n) is 8.20. The zero-order chi connectivity index (χ0) is 19.5. The molecular weight excluding hydrogens is 328 g/mol. The fraction of sp³-hybridized carbons (Fsp3) is 0.636. The molecule has 0 aliphatic heterocycles. The first-order valence-corrected chi connectivity index (χ1v) is 9.62. The minimum atomic E-state index is -0.610. The Bertz CT molecular complexity index is 651. The third-order valence-corrected chi connectivity index (χ3v) is 5.77. The molecule has 2 aliphatic rings. The average molecular weight is 360 g/mol. The normalized spacial score (nSPS) is 29.3. The van der Waals surface area contributed by atoms with Gasteiger partial charge in [0.1, 0.15) is 0 Å². The van der Waals surface area contributed by atoms with Crippen molar-refractivity contribution in [1.29, 1.82) is 0 Å². The molecule has 0 aromatic carbocycles. The number of carbonyl (C=O) groups is 2. The van der Waals surface area contributed by atoms with Crippen LogP contribution >= 0.6 is 0 Å². The first-order valence-electron chi connectivity index (χ1n) is 9.62. The molecule has 0 aromatic heterocycles. The molecule has 26 heavy (non-hydrogen) atoms. The molecule has 0 spiro atoms. The van der Waals surface area contributed by atoms with Gasteiger partial charge in [-0.25, -0.2) is 4.79 Å². The Kier molecular flexibility index (Phi) is 6.62. The summed E-state index contributed by atoms with van der Waals surface area (Å²) in [6.07, 6.45) is 5.08. The van der Waals surface area contributed by atoms with E-state index < -0.39 is 6.10 Å². The average Bonchev–Trinajstić information content (AvgIpc) is 2.51. The van der Waals surface area contributed by atoms with Gasteiger partial charge in [0, 0.05) is 17.6 Å². The number of fused-ring (bicyclic) bond motifs is 2.